The van der Waals surface area contributed by atoms with Crippen LogP contribution in [-0.2, 0) is 0 Å². The summed E-state index contributed by atoms with van der Waals surface area (Å²) in [5.74, 6) is 1.63. The third-order valence-electron chi connectivity index (χ3n) is 5.72. The lowest BCUT2D eigenvalue weighted by molar-refractivity contribution is 0.252. The first-order chi connectivity index (χ1) is 15.7. The zero-order valence-electron chi connectivity index (χ0n) is 17.8. The number of H-pyrrole nitrogens is 1. The Bertz CT molecular complexity index is 1260. The molecular weight excluding hydrogens is 406 g/mol. The quantitative estimate of drug-likeness (QED) is 0.430. The number of carbonyl (C=O) groups excluding carboxylic acids is 1. The van der Waals surface area contributed by atoms with Gasteiger partial charge in [-0.3, -0.25) is 0 Å². The molecule has 1 aliphatic heterocycles. The molecule has 0 radical (unpaired) electrons. The number of amides is 2. The van der Waals surface area contributed by atoms with Gasteiger partial charge in [0.15, 0.2) is 11.5 Å². The predicted molar refractivity (Wildman–Crippen MR) is 124 cm³/mol. The van der Waals surface area contributed by atoms with Gasteiger partial charge in [-0.15, -0.1) is 0 Å². The summed E-state index contributed by atoms with van der Waals surface area (Å²) in [5, 5.41) is 7.63. The number of nitrogens with one attached hydrogen (secondary N) is 3. The lowest BCUT2D eigenvalue weighted by Crippen LogP contribution is -2.35. The van der Waals surface area contributed by atoms with E-state index in [4.69, 9.17) is 4.74 Å². The lowest BCUT2D eigenvalue weighted by atomic mass is 10.1. The predicted octanol–water partition coefficient (Wildman–Crippen LogP) is 3.70. The summed E-state index contributed by atoms with van der Waals surface area (Å²) in [6, 6.07) is 11.8. The van der Waals surface area contributed by atoms with Gasteiger partial charge in [0.05, 0.1) is 12.4 Å². The highest BCUT2D eigenvalue weighted by Crippen LogP contribution is 2.31. The molecule has 2 aromatic carbocycles. The van der Waals surface area contributed by atoms with Gasteiger partial charge < -0.3 is 25.3 Å². The zero-order valence-corrected chi connectivity index (χ0v) is 17.8. The second kappa shape index (κ2) is 8.70. The lowest BCUT2D eigenvalue weighted by Gasteiger charge is -2.26. The summed E-state index contributed by atoms with van der Waals surface area (Å²) >= 11 is 0. The van der Waals surface area contributed by atoms with Gasteiger partial charge >= 0.3 is 6.03 Å². The first-order valence-electron chi connectivity index (χ1n) is 10.8. The molecule has 1 unspecified atom stereocenters. The van der Waals surface area contributed by atoms with E-state index in [1.807, 2.05) is 43.3 Å². The summed E-state index contributed by atoms with van der Waals surface area (Å²) in [7, 11) is 0. The van der Waals surface area contributed by atoms with E-state index in [9.17, 15) is 4.79 Å². The van der Waals surface area contributed by atoms with Crippen molar-refractivity contribution in [3.63, 3.8) is 0 Å². The Morgan fingerprint density at radius 1 is 1.25 bits per heavy atom. The molecule has 164 valence electrons. The van der Waals surface area contributed by atoms with Crippen LogP contribution >= 0.6 is 0 Å². The number of ether oxygens (including phenoxy) is 1. The molecule has 4 aromatic rings. The molecule has 0 bridgehead atoms. The Morgan fingerprint density at radius 2 is 2.19 bits per heavy atom. The largest absolute Gasteiger partial charge is 0.491 e. The van der Waals surface area contributed by atoms with Crippen LogP contribution in [0.3, 0.4) is 0 Å². The number of hydrogen-bond acceptors (Lipinski definition) is 6. The minimum atomic E-state index is -0.221. The number of rotatable bonds is 6. The highest BCUT2D eigenvalue weighted by atomic mass is 16.5. The number of carbonyl (C=O) groups is 1. The fourth-order valence-corrected chi connectivity index (χ4v) is 4.22. The third-order valence-corrected chi connectivity index (χ3v) is 5.72. The number of hydrogen-bond donors (Lipinski definition) is 3. The van der Waals surface area contributed by atoms with Crippen molar-refractivity contribution in [2.24, 2.45) is 0 Å². The summed E-state index contributed by atoms with van der Waals surface area (Å²) in [6.45, 7) is 3.89. The van der Waals surface area contributed by atoms with E-state index in [0.717, 1.165) is 58.6 Å². The van der Waals surface area contributed by atoms with Crippen molar-refractivity contribution in [1.29, 1.82) is 0 Å². The molecule has 2 amide bonds. The Kier molecular flexibility index (Phi) is 5.45. The number of urea groups is 1. The fraction of sp³-hybridized carbons (Fsp3) is 0.304. The van der Waals surface area contributed by atoms with Gasteiger partial charge in [-0.25, -0.2) is 19.7 Å². The average molecular weight is 432 g/mol. The maximum absolute atomic E-state index is 11.9. The molecular formula is C23H25N7O2. The average Bonchev–Trinajstić information content (AvgIpc) is 3.47. The molecule has 0 spiro atoms. The number of imidazole rings is 1. The van der Waals surface area contributed by atoms with Crippen LogP contribution < -0.4 is 20.3 Å². The monoisotopic (exact) mass is 431 g/mol. The van der Waals surface area contributed by atoms with Gasteiger partial charge in [0, 0.05) is 24.2 Å². The van der Waals surface area contributed by atoms with E-state index in [0.29, 0.717) is 13.2 Å². The third kappa shape index (κ3) is 3.89. The van der Waals surface area contributed by atoms with Crippen molar-refractivity contribution in [1.82, 2.24) is 25.3 Å². The van der Waals surface area contributed by atoms with Crippen LogP contribution in [-0.4, -0.2) is 51.7 Å². The van der Waals surface area contributed by atoms with Crippen LogP contribution in [0.5, 0.6) is 5.75 Å². The van der Waals surface area contributed by atoms with Crippen LogP contribution in [0, 0.1) is 0 Å². The van der Waals surface area contributed by atoms with Gasteiger partial charge in [0.1, 0.15) is 24.2 Å². The molecule has 3 heterocycles. The van der Waals surface area contributed by atoms with Gasteiger partial charge in [0.2, 0.25) is 0 Å². The van der Waals surface area contributed by atoms with Crippen LogP contribution in [0.2, 0.25) is 0 Å². The van der Waals surface area contributed by atoms with E-state index in [-0.39, 0.29) is 12.1 Å². The summed E-state index contributed by atoms with van der Waals surface area (Å²) in [5.41, 5.74) is 2.25. The van der Waals surface area contributed by atoms with Gasteiger partial charge in [-0.1, -0.05) is 18.2 Å². The smallest absolute Gasteiger partial charge is 0.319 e. The number of nitrogens with zero attached hydrogens (tertiary/aromatic N) is 4. The van der Waals surface area contributed by atoms with Crippen molar-refractivity contribution in [3.05, 3.63) is 49.1 Å². The maximum atomic E-state index is 11.9. The van der Waals surface area contributed by atoms with Crippen molar-refractivity contribution in [2.45, 2.75) is 25.8 Å². The molecule has 9 heteroatoms. The molecule has 2 aromatic heterocycles. The van der Waals surface area contributed by atoms with E-state index >= 15 is 0 Å². The van der Waals surface area contributed by atoms with E-state index in [1.54, 1.807) is 12.7 Å². The van der Waals surface area contributed by atoms with Crippen LogP contribution in [0.15, 0.2) is 49.1 Å². The zero-order chi connectivity index (χ0) is 21.9. The van der Waals surface area contributed by atoms with Crippen molar-refractivity contribution < 1.29 is 9.53 Å². The fourth-order valence-electron chi connectivity index (χ4n) is 4.22. The minimum absolute atomic E-state index is 0.191. The van der Waals surface area contributed by atoms with Gasteiger partial charge in [-0.2, -0.15) is 0 Å². The molecule has 1 fully saturated rings. The minimum Gasteiger partial charge on any atom is -0.491 e. The molecule has 1 saturated heterocycles. The van der Waals surface area contributed by atoms with E-state index in [2.05, 4.69) is 35.5 Å². The second-order valence-electron chi connectivity index (χ2n) is 7.77. The van der Waals surface area contributed by atoms with Crippen molar-refractivity contribution in [2.75, 3.05) is 29.9 Å². The highest BCUT2D eigenvalue weighted by Gasteiger charge is 2.28. The Balaban J connectivity index is 1.36. The topological polar surface area (TPSA) is 108 Å². The molecule has 0 aliphatic carbocycles. The standard InChI is InChI=1S/C23H25N7O2/c1-2-24-23(31)29-16-9-8-15-5-3-7-19(18(15)11-16)32-12-17-6-4-10-30(17)22-20-21(26-13-25-20)27-14-28-22/h3,5,7-9,11,13-14,17H,2,4,6,10,12H2,1H3,(H2,24,29,31)(H,25,26,27,28). The van der Waals surface area contributed by atoms with Gasteiger partial charge in [-0.05, 0) is 43.4 Å². The Hall–Kier alpha value is -3.88. The molecule has 1 atom stereocenters. The van der Waals surface area contributed by atoms with E-state index in [1.165, 1.54) is 0 Å². The van der Waals surface area contributed by atoms with E-state index < -0.39 is 0 Å². The molecule has 9 nitrogen and oxygen atoms in total. The van der Waals surface area contributed by atoms with Crippen molar-refractivity contribution >= 4 is 39.5 Å². The second-order valence-corrected chi connectivity index (χ2v) is 7.77. The summed E-state index contributed by atoms with van der Waals surface area (Å²) in [6.07, 6.45) is 5.30. The molecule has 3 N–H and O–H groups in total. The number of benzene rings is 2. The molecule has 32 heavy (non-hydrogen) atoms. The van der Waals surface area contributed by atoms with Crippen LogP contribution in [0.25, 0.3) is 21.9 Å². The summed E-state index contributed by atoms with van der Waals surface area (Å²) < 4.78 is 6.31. The number of anilines is 2. The first-order valence-corrected chi connectivity index (χ1v) is 10.8. The molecule has 5 rings (SSSR count). The molecule has 1 aliphatic rings. The number of aromatic amines is 1. The Labute approximate surface area is 185 Å². The SMILES string of the molecule is CCNC(=O)Nc1ccc2cccc(OCC3CCCN3c3ncnc4[nH]cnc34)c2c1. The van der Waals surface area contributed by atoms with Crippen LogP contribution in [0.1, 0.15) is 19.8 Å². The Morgan fingerprint density at radius 3 is 3.09 bits per heavy atom. The number of aromatic nitrogens is 4. The number of fused-ring (bicyclic) bond motifs is 2. The summed E-state index contributed by atoms with van der Waals surface area (Å²) in [4.78, 5) is 30.4. The van der Waals surface area contributed by atoms with Gasteiger partial charge in [0.25, 0.3) is 0 Å². The first kappa shape index (κ1) is 20.0. The van der Waals surface area contributed by atoms with Crippen LogP contribution in [0.4, 0.5) is 16.3 Å². The molecule has 0 saturated carbocycles. The van der Waals surface area contributed by atoms with Crippen molar-refractivity contribution in [3.8, 4) is 5.75 Å². The normalized spacial score (nSPS) is 15.9. The highest BCUT2D eigenvalue weighted by molar-refractivity contribution is 5.95. The maximum Gasteiger partial charge on any atom is 0.319 e.